The first-order chi connectivity index (χ1) is 38.6. The number of unbranched alkanes of at least 4 members (excludes halogenated alkanes) is 34. The number of rotatable bonds is 61. The predicted molar refractivity (Wildman–Crippen MR) is 334 cm³/mol. The van der Waals surface area contributed by atoms with Gasteiger partial charge in [0.15, 0.2) is 12.4 Å². The van der Waals surface area contributed by atoms with Gasteiger partial charge in [-0.3, -0.25) is 9.59 Å². The van der Waals surface area contributed by atoms with E-state index in [-0.39, 0.29) is 32.2 Å². The third-order valence-corrected chi connectivity index (χ3v) is 14.5. The lowest BCUT2D eigenvalue weighted by Crippen LogP contribution is -2.44. The number of carboxylic acid groups (broad SMARTS) is 1. The monoisotopic (exact) mass is 1110 g/mol. The van der Waals surface area contributed by atoms with Crippen LogP contribution in [-0.4, -0.2) is 82.3 Å². The molecular weight excluding hydrogens is 983 g/mol. The quantitative estimate of drug-likeness (QED) is 0.0195. The van der Waals surface area contributed by atoms with Crippen LogP contribution in [0.4, 0.5) is 0 Å². The van der Waals surface area contributed by atoms with Crippen molar-refractivity contribution >= 4 is 17.9 Å². The molecule has 0 radical (unpaired) electrons. The number of carbonyl (C=O) groups is 3. The Hall–Kier alpha value is -3.27. The first kappa shape index (κ1) is 75.7. The first-order valence-corrected chi connectivity index (χ1v) is 33.1. The Balaban J connectivity index is 4.09. The first-order valence-electron chi connectivity index (χ1n) is 33.1. The average Bonchev–Trinajstić information content (AvgIpc) is 3.42. The summed E-state index contributed by atoms with van der Waals surface area (Å²) in [5.74, 6) is -2.27. The number of carboxylic acids is 1. The number of nitrogens with zero attached hydrogens (tertiary/aromatic N) is 1. The summed E-state index contributed by atoms with van der Waals surface area (Å²) in [5.41, 5.74) is 0. The Morgan fingerprint density at radius 1 is 0.392 bits per heavy atom. The van der Waals surface area contributed by atoms with E-state index in [4.69, 9.17) is 18.9 Å². The van der Waals surface area contributed by atoms with Gasteiger partial charge in [-0.05, 0) is 64.2 Å². The highest BCUT2D eigenvalue weighted by molar-refractivity contribution is 5.70. The van der Waals surface area contributed by atoms with Gasteiger partial charge in [-0.15, -0.1) is 0 Å². The molecule has 2 unspecified atom stereocenters. The fraction of sp³-hybridized carbons (Fsp3) is 0.786. The summed E-state index contributed by atoms with van der Waals surface area (Å²) in [6.07, 6.45) is 76.8. The van der Waals surface area contributed by atoms with Crippen molar-refractivity contribution in [3.05, 3.63) is 72.9 Å². The molecule has 0 bridgehead atoms. The lowest BCUT2D eigenvalue weighted by Gasteiger charge is -2.26. The summed E-state index contributed by atoms with van der Waals surface area (Å²) in [7, 11) is 5.93. The van der Waals surface area contributed by atoms with E-state index in [9.17, 15) is 19.5 Å². The summed E-state index contributed by atoms with van der Waals surface area (Å²) in [4.78, 5) is 37.4. The molecule has 0 heterocycles. The SMILES string of the molecule is CC/C=C\C/C=C\C/C=C\C/C=C\C/C=C\C/C=C\CCCCCCCCCCCCCCCCCCC(=O)OC(COC(=O)CCCCCCCCCCCCCCCCCCCCC)COC(OCC[N+](C)(C)C)C(=O)[O-]. The molecule has 0 amide bonds. The summed E-state index contributed by atoms with van der Waals surface area (Å²) >= 11 is 0. The van der Waals surface area contributed by atoms with Gasteiger partial charge >= 0.3 is 11.9 Å². The van der Waals surface area contributed by atoms with Crippen molar-refractivity contribution in [1.29, 1.82) is 0 Å². The fourth-order valence-corrected chi connectivity index (χ4v) is 9.43. The Labute approximate surface area is 487 Å². The molecule has 0 N–H and O–H groups in total. The zero-order valence-corrected chi connectivity index (χ0v) is 52.2. The highest BCUT2D eigenvalue weighted by atomic mass is 16.7. The van der Waals surface area contributed by atoms with Gasteiger partial charge in [0, 0.05) is 12.8 Å². The van der Waals surface area contributed by atoms with Gasteiger partial charge in [-0.2, -0.15) is 0 Å². The standard InChI is InChI=1S/C70H125NO8/c1-6-8-10-12-14-16-18-20-22-24-26-27-28-29-30-31-32-33-34-35-36-37-38-39-40-41-43-45-47-49-51-53-55-57-59-61-68(73)79-66(65-78-70(69(74)75)76-63-62-71(3,4)5)64-77-67(72)60-58-56-54-52-50-48-46-44-42-25-23-21-19-17-15-13-11-9-7-2/h8,10,14,16,20,22,26-27,29-30,32-33,66,70H,6-7,9,11-13,15,17-19,21,23-25,28,31,34-65H2,1-5H3/b10-8-,16-14-,22-20-,27-26-,30-29-,33-32-. The van der Waals surface area contributed by atoms with Crippen molar-refractivity contribution in [2.24, 2.45) is 0 Å². The van der Waals surface area contributed by atoms with E-state index in [2.05, 4.69) is 86.8 Å². The van der Waals surface area contributed by atoms with Crippen LogP contribution in [0.1, 0.15) is 296 Å². The molecule has 0 aromatic carbocycles. The van der Waals surface area contributed by atoms with Crippen molar-refractivity contribution in [2.75, 3.05) is 47.5 Å². The normalized spacial score (nSPS) is 13.2. The molecule has 2 atom stereocenters. The van der Waals surface area contributed by atoms with E-state index in [1.165, 1.54) is 193 Å². The molecule has 0 aromatic heterocycles. The van der Waals surface area contributed by atoms with Gasteiger partial charge in [0.05, 0.1) is 40.3 Å². The second-order valence-corrected chi connectivity index (χ2v) is 23.4. The fourth-order valence-electron chi connectivity index (χ4n) is 9.43. The summed E-state index contributed by atoms with van der Waals surface area (Å²) in [6, 6.07) is 0. The van der Waals surface area contributed by atoms with Crippen molar-refractivity contribution in [2.45, 2.75) is 309 Å². The number of likely N-dealkylation sites (N-methyl/N-ethyl adjacent to an activating group) is 1. The van der Waals surface area contributed by atoms with Crippen LogP contribution in [0.15, 0.2) is 72.9 Å². The van der Waals surface area contributed by atoms with E-state index in [1.807, 2.05) is 21.1 Å². The average molecular weight is 1110 g/mol. The molecule has 0 aliphatic heterocycles. The number of hydrogen-bond donors (Lipinski definition) is 0. The minimum absolute atomic E-state index is 0.148. The number of hydrogen-bond acceptors (Lipinski definition) is 8. The molecule has 0 fully saturated rings. The summed E-state index contributed by atoms with van der Waals surface area (Å²) < 4.78 is 22.8. The summed E-state index contributed by atoms with van der Waals surface area (Å²) in [6.45, 7) is 4.68. The second-order valence-electron chi connectivity index (χ2n) is 23.4. The van der Waals surface area contributed by atoms with E-state index in [0.29, 0.717) is 23.9 Å². The van der Waals surface area contributed by atoms with E-state index in [0.717, 1.165) is 70.6 Å². The number of ether oxygens (including phenoxy) is 4. The molecule has 0 aromatic rings. The van der Waals surface area contributed by atoms with Crippen LogP contribution in [0.3, 0.4) is 0 Å². The van der Waals surface area contributed by atoms with Crippen LogP contribution in [0.25, 0.3) is 0 Å². The molecule has 0 rings (SSSR count). The van der Waals surface area contributed by atoms with E-state index >= 15 is 0 Å². The van der Waals surface area contributed by atoms with Crippen molar-refractivity contribution in [3.63, 3.8) is 0 Å². The second kappa shape index (κ2) is 60.8. The number of aliphatic carboxylic acids is 1. The lowest BCUT2D eigenvalue weighted by atomic mass is 10.0. The van der Waals surface area contributed by atoms with Crippen LogP contribution in [-0.2, 0) is 33.3 Å². The highest BCUT2D eigenvalue weighted by Crippen LogP contribution is 2.18. The minimum atomic E-state index is -1.62. The van der Waals surface area contributed by atoms with Crippen LogP contribution < -0.4 is 5.11 Å². The molecule has 0 spiro atoms. The zero-order valence-electron chi connectivity index (χ0n) is 52.2. The third kappa shape index (κ3) is 62.2. The molecule has 9 nitrogen and oxygen atoms in total. The Kier molecular flexibility index (Phi) is 58.3. The van der Waals surface area contributed by atoms with E-state index < -0.39 is 24.3 Å². The molecule has 458 valence electrons. The molecule has 0 aliphatic rings. The Bertz CT molecular complexity index is 1520. The zero-order chi connectivity index (χ0) is 57.6. The number of allylic oxidation sites excluding steroid dienone is 12. The minimum Gasteiger partial charge on any atom is -0.545 e. The van der Waals surface area contributed by atoms with Gasteiger partial charge in [-0.1, -0.05) is 292 Å². The van der Waals surface area contributed by atoms with Crippen LogP contribution in [0.2, 0.25) is 0 Å². The third-order valence-electron chi connectivity index (χ3n) is 14.5. The molecule has 79 heavy (non-hydrogen) atoms. The van der Waals surface area contributed by atoms with Crippen molar-refractivity contribution < 1.29 is 42.9 Å². The maximum Gasteiger partial charge on any atom is 0.306 e. The van der Waals surface area contributed by atoms with Gasteiger partial charge in [0.1, 0.15) is 13.2 Å². The number of quaternary nitrogens is 1. The van der Waals surface area contributed by atoms with E-state index in [1.54, 1.807) is 0 Å². The van der Waals surface area contributed by atoms with Crippen LogP contribution in [0, 0.1) is 0 Å². The molecule has 9 heteroatoms. The predicted octanol–water partition coefficient (Wildman–Crippen LogP) is 18.8. The molecule has 0 saturated heterocycles. The molecular formula is C70H125NO8. The number of esters is 2. The summed E-state index contributed by atoms with van der Waals surface area (Å²) in [5, 5.41) is 11.8. The van der Waals surface area contributed by atoms with Crippen LogP contribution in [0.5, 0.6) is 0 Å². The van der Waals surface area contributed by atoms with Crippen molar-refractivity contribution in [1.82, 2.24) is 0 Å². The Morgan fingerprint density at radius 3 is 1.08 bits per heavy atom. The van der Waals surface area contributed by atoms with Gasteiger partial charge < -0.3 is 33.3 Å². The number of carbonyl (C=O) groups excluding carboxylic acids is 3. The molecule has 0 saturated carbocycles. The maximum absolute atomic E-state index is 12.9. The smallest absolute Gasteiger partial charge is 0.306 e. The van der Waals surface area contributed by atoms with Gasteiger partial charge in [0.2, 0.25) is 0 Å². The highest BCUT2D eigenvalue weighted by Gasteiger charge is 2.22. The van der Waals surface area contributed by atoms with Crippen LogP contribution >= 0.6 is 0 Å². The topological polar surface area (TPSA) is 111 Å². The Morgan fingerprint density at radius 2 is 0.722 bits per heavy atom. The maximum atomic E-state index is 12.9. The van der Waals surface area contributed by atoms with Gasteiger partial charge in [0.25, 0.3) is 0 Å². The van der Waals surface area contributed by atoms with Gasteiger partial charge in [-0.25, -0.2) is 0 Å². The molecule has 0 aliphatic carbocycles. The van der Waals surface area contributed by atoms with Crippen molar-refractivity contribution in [3.8, 4) is 0 Å². The largest absolute Gasteiger partial charge is 0.545 e. The lowest BCUT2D eigenvalue weighted by molar-refractivity contribution is -0.870.